The Labute approximate surface area is 212 Å². The predicted molar refractivity (Wildman–Crippen MR) is 139 cm³/mol. The summed E-state index contributed by atoms with van der Waals surface area (Å²) in [7, 11) is 0. The van der Waals surface area contributed by atoms with E-state index in [0.29, 0.717) is 12.2 Å². The van der Waals surface area contributed by atoms with Crippen LogP contribution in [0.3, 0.4) is 0 Å². The van der Waals surface area contributed by atoms with Crippen molar-refractivity contribution >= 4 is 35.5 Å². The van der Waals surface area contributed by atoms with Gasteiger partial charge < -0.3 is 26.8 Å². The molecule has 0 heterocycles. The van der Waals surface area contributed by atoms with E-state index in [1.807, 2.05) is 50.4 Å². The van der Waals surface area contributed by atoms with E-state index in [0.717, 1.165) is 5.56 Å². The van der Waals surface area contributed by atoms with Crippen molar-refractivity contribution in [2.75, 3.05) is 12.0 Å². The van der Waals surface area contributed by atoms with E-state index in [9.17, 15) is 24.3 Å². The molecule has 0 radical (unpaired) electrons. The van der Waals surface area contributed by atoms with Crippen LogP contribution >= 0.6 is 11.8 Å². The first-order valence-corrected chi connectivity index (χ1v) is 13.3. The molecular formula is C25H40N4O5S. The molecule has 0 saturated carbocycles. The summed E-state index contributed by atoms with van der Waals surface area (Å²) in [4.78, 5) is 50.5. The lowest BCUT2D eigenvalue weighted by Gasteiger charge is -2.27. The van der Waals surface area contributed by atoms with Crippen molar-refractivity contribution in [2.24, 2.45) is 17.6 Å². The zero-order valence-electron chi connectivity index (χ0n) is 21.2. The Morgan fingerprint density at radius 3 is 2.06 bits per heavy atom. The molecule has 196 valence electrons. The minimum absolute atomic E-state index is 0.0705. The molecule has 0 aliphatic heterocycles. The number of carboxylic acid groups (broad SMARTS) is 1. The van der Waals surface area contributed by atoms with Crippen LogP contribution in [-0.2, 0) is 25.6 Å². The van der Waals surface area contributed by atoms with Crippen LogP contribution in [0.1, 0.15) is 46.1 Å². The Kier molecular flexibility index (Phi) is 13.4. The molecule has 0 bridgehead atoms. The fourth-order valence-corrected chi connectivity index (χ4v) is 3.85. The van der Waals surface area contributed by atoms with Crippen LogP contribution in [0.15, 0.2) is 30.3 Å². The Morgan fingerprint density at radius 1 is 0.943 bits per heavy atom. The van der Waals surface area contributed by atoms with Gasteiger partial charge in [-0.05, 0) is 35.8 Å². The van der Waals surface area contributed by atoms with Crippen LogP contribution in [0, 0.1) is 11.8 Å². The molecule has 6 N–H and O–H groups in total. The van der Waals surface area contributed by atoms with Crippen molar-refractivity contribution in [1.82, 2.24) is 16.0 Å². The van der Waals surface area contributed by atoms with E-state index in [1.54, 1.807) is 13.8 Å². The maximum atomic E-state index is 13.3. The standard InChI is InChI=1S/C25H40N4O5S/c1-6-16(4)20(26)23(31)28-19(14-17-10-8-7-9-11-17)22(30)29-21(15(2)3)24(32)27-18(25(33)34)12-13-35-5/h7-11,15-16,18-21H,6,12-14,26H2,1-5H3,(H,27,32)(H,28,31)(H,29,30)(H,33,34). The van der Waals surface area contributed by atoms with Gasteiger partial charge in [-0.2, -0.15) is 11.8 Å². The quantitative estimate of drug-likeness (QED) is 0.241. The molecule has 0 aliphatic carbocycles. The van der Waals surface area contributed by atoms with Crippen LogP contribution in [0.5, 0.6) is 0 Å². The third-order valence-electron chi connectivity index (χ3n) is 5.95. The van der Waals surface area contributed by atoms with Crippen molar-refractivity contribution in [2.45, 2.75) is 71.1 Å². The van der Waals surface area contributed by atoms with Crippen molar-refractivity contribution in [1.29, 1.82) is 0 Å². The topological polar surface area (TPSA) is 151 Å². The van der Waals surface area contributed by atoms with Crippen molar-refractivity contribution in [3.63, 3.8) is 0 Å². The normalized spacial score (nSPS) is 15.4. The Hall–Kier alpha value is -2.59. The lowest BCUT2D eigenvalue weighted by molar-refractivity contribution is -0.142. The number of carbonyl (C=O) groups excluding carboxylic acids is 3. The SMILES string of the molecule is CCC(C)C(N)C(=O)NC(Cc1ccccc1)C(=O)NC(C(=O)NC(CCSC)C(=O)O)C(C)C. The molecule has 5 atom stereocenters. The number of nitrogens with two attached hydrogens (primary N) is 1. The average molecular weight is 509 g/mol. The molecule has 1 aromatic carbocycles. The largest absolute Gasteiger partial charge is 0.480 e. The van der Waals surface area contributed by atoms with Crippen molar-refractivity contribution in [3.8, 4) is 0 Å². The van der Waals surface area contributed by atoms with Crippen molar-refractivity contribution in [3.05, 3.63) is 35.9 Å². The van der Waals surface area contributed by atoms with Gasteiger partial charge in [-0.15, -0.1) is 0 Å². The fourth-order valence-electron chi connectivity index (χ4n) is 3.38. The molecule has 5 unspecified atom stereocenters. The van der Waals surface area contributed by atoms with Crippen LogP contribution in [0.2, 0.25) is 0 Å². The lowest BCUT2D eigenvalue weighted by Crippen LogP contribution is -2.59. The third-order valence-corrected chi connectivity index (χ3v) is 6.59. The maximum Gasteiger partial charge on any atom is 0.326 e. The number of thioether (sulfide) groups is 1. The Morgan fingerprint density at radius 2 is 1.54 bits per heavy atom. The zero-order valence-corrected chi connectivity index (χ0v) is 22.1. The first-order chi connectivity index (χ1) is 16.5. The number of carbonyl (C=O) groups is 4. The highest BCUT2D eigenvalue weighted by Crippen LogP contribution is 2.10. The first kappa shape index (κ1) is 30.4. The summed E-state index contributed by atoms with van der Waals surface area (Å²) in [6.45, 7) is 7.31. The van der Waals surface area contributed by atoms with E-state index < -0.39 is 47.9 Å². The summed E-state index contributed by atoms with van der Waals surface area (Å²) in [5.41, 5.74) is 6.90. The minimum atomic E-state index is -1.13. The smallest absolute Gasteiger partial charge is 0.326 e. The molecule has 3 amide bonds. The highest BCUT2D eigenvalue weighted by atomic mass is 32.2. The number of carboxylic acids is 1. The number of benzene rings is 1. The van der Waals surface area contributed by atoms with Gasteiger partial charge in [0.25, 0.3) is 0 Å². The van der Waals surface area contributed by atoms with Gasteiger partial charge >= 0.3 is 5.97 Å². The van der Waals surface area contributed by atoms with Crippen LogP contribution in [0.4, 0.5) is 0 Å². The lowest BCUT2D eigenvalue weighted by atomic mass is 9.97. The number of nitrogens with one attached hydrogen (secondary N) is 3. The van der Waals surface area contributed by atoms with E-state index in [-0.39, 0.29) is 24.7 Å². The minimum Gasteiger partial charge on any atom is -0.480 e. The summed E-state index contributed by atoms with van der Waals surface area (Å²) in [6.07, 6.45) is 3.04. The molecule has 1 aromatic rings. The maximum absolute atomic E-state index is 13.3. The van der Waals surface area contributed by atoms with Crippen LogP contribution in [0.25, 0.3) is 0 Å². The summed E-state index contributed by atoms with van der Waals surface area (Å²) >= 11 is 1.48. The number of hydrogen-bond acceptors (Lipinski definition) is 6. The highest BCUT2D eigenvalue weighted by molar-refractivity contribution is 7.98. The highest BCUT2D eigenvalue weighted by Gasteiger charge is 2.32. The van der Waals surface area contributed by atoms with Crippen molar-refractivity contribution < 1.29 is 24.3 Å². The van der Waals surface area contributed by atoms with Gasteiger partial charge in [-0.25, -0.2) is 4.79 Å². The number of amides is 3. The van der Waals surface area contributed by atoms with Gasteiger partial charge in [0.05, 0.1) is 6.04 Å². The second-order valence-corrected chi connectivity index (χ2v) is 10.1. The van der Waals surface area contributed by atoms with Gasteiger partial charge in [0, 0.05) is 6.42 Å². The molecule has 0 spiro atoms. The molecule has 9 nitrogen and oxygen atoms in total. The molecule has 1 rings (SSSR count). The van der Waals surface area contributed by atoms with Crippen LogP contribution < -0.4 is 21.7 Å². The van der Waals surface area contributed by atoms with Gasteiger partial charge in [0.2, 0.25) is 17.7 Å². The third kappa shape index (κ3) is 10.3. The Balaban J connectivity index is 3.06. The second-order valence-electron chi connectivity index (χ2n) is 9.07. The molecule has 0 saturated heterocycles. The molecule has 35 heavy (non-hydrogen) atoms. The summed E-state index contributed by atoms with van der Waals surface area (Å²) in [5, 5.41) is 17.4. The number of hydrogen-bond donors (Lipinski definition) is 5. The number of rotatable bonds is 15. The molecule has 10 heteroatoms. The van der Waals surface area contributed by atoms with Gasteiger partial charge in [-0.3, -0.25) is 14.4 Å². The van der Waals surface area contributed by atoms with Gasteiger partial charge in [-0.1, -0.05) is 64.4 Å². The summed E-state index contributed by atoms with van der Waals surface area (Å²) < 4.78 is 0. The molecule has 0 aromatic heterocycles. The first-order valence-electron chi connectivity index (χ1n) is 11.9. The molecule has 0 fully saturated rings. The predicted octanol–water partition coefficient (Wildman–Crippen LogP) is 1.55. The van der Waals surface area contributed by atoms with E-state index in [2.05, 4.69) is 16.0 Å². The van der Waals surface area contributed by atoms with Crippen LogP contribution in [-0.4, -0.2) is 65.0 Å². The monoisotopic (exact) mass is 508 g/mol. The molecular weight excluding hydrogens is 468 g/mol. The summed E-state index contributed by atoms with van der Waals surface area (Å²) in [6, 6.07) is 5.45. The molecule has 0 aliphatic rings. The summed E-state index contributed by atoms with van der Waals surface area (Å²) in [5.74, 6) is -2.51. The van der Waals surface area contributed by atoms with Gasteiger partial charge in [0.15, 0.2) is 0 Å². The van der Waals surface area contributed by atoms with E-state index in [1.165, 1.54) is 11.8 Å². The van der Waals surface area contributed by atoms with E-state index in [4.69, 9.17) is 5.73 Å². The Bertz CT molecular complexity index is 836. The number of aliphatic carboxylic acids is 1. The fraction of sp³-hybridized carbons (Fsp3) is 0.600. The van der Waals surface area contributed by atoms with Gasteiger partial charge in [0.1, 0.15) is 18.1 Å². The second kappa shape index (κ2) is 15.4. The van der Waals surface area contributed by atoms with E-state index >= 15 is 0 Å². The zero-order chi connectivity index (χ0) is 26.5. The average Bonchev–Trinajstić information content (AvgIpc) is 2.83.